The Morgan fingerprint density at radius 1 is 0.609 bits per heavy atom. The van der Waals surface area contributed by atoms with Crippen LogP contribution >= 0.6 is 21.5 Å². The molecule has 0 atom stereocenters. The molecular weight excluding hydrogens is 647 g/mol. The maximum atomic E-state index is 6.09. The van der Waals surface area contributed by atoms with Gasteiger partial charge in [0.2, 0.25) is 0 Å². The molecule has 0 N–H and O–H groups in total. The minimum Gasteiger partial charge on any atom is -0.353 e. The molecule has 0 unspecified atom stereocenters. The van der Waals surface area contributed by atoms with E-state index in [4.69, 9.17) is 9.47 Å². The van der Waals surface area contributed by atoms with Crippen molar-refractivity contribution in [3.8, 4) is 0 Å². The van der Waals surface area contributed by atoms with Crippen molar-refractivity contribution in [3.05, 3.63) is 101 Å². The molecule has 0 amide bonds. The zero-order chi connectivity index (χ0) is 33.0. The molecule has 0 aliphatic carbocycles. The lowest BCUT2D eigenvalue weighted by molar-refractivity contribution is -0.148. The van der Waals surface area contributed by atoms with Gasteiger partial charge in [-0.1, -0.05) is 107 Å². The molecule has 3 rings (SSSR count). The Labute approximate surface area is 290 Å². The summed E-state index contributed by atoms with van der Waals surface area (Å²) in [7, 11) is 0. The van der Waals surface area contributed by atoms with Gasteiger partial charge in [0.05, 0.1) is 0 Å². The van der Waals surface area contributed by atoms with Crippen LogP contribution in [0.4, 0.5) is 0 Å². The third-order valence-corrected chi connectivity index (χ3v) is 16.0. The van der Waals surface area contributed by atoms with Gasteiger partial charge in [-0.3, -0.25) is 0 Å². The molecule has 0 fully saturated rings. The summed E-state index contributed by atoms with van der Waals surface area (Å²) in [5, 5.41) is 4.29. The number of allylic oxidation sites excluding steroid dienone is 2. The lowest BCUT2D eigenvalue weighted by Crippen LogP contribution is -2.31. The fraction of sp³-hybridized carbons (Fsp3) is 0.524. The lowest BCUT2D eigenvalue weighted by Gasteiger charge is -2.25. The van der Waals surface area contributed by atoms with E-state index in [1.807, 2.05) is 0 Å². The minimum absolute atomic E-state index is 0.0171. The molecule has 0 bridgehead atoms. The average molecular weight is 709 g/mol. The molecule has 3 aromatic carbocycles. The van der Waals surface area contributed by atoms with Gasteiger partial charge < -0.3 is 9.47 Å². The van der Waals surface area contributed by atoms with Gasteiger partial charge in [-0.15, -0.1) is 0 Å². The number of halogens is 1. The maximum Gasteiger partial charge on any atom is 0.181 e. The third-order valence-electron chi connectivity index (χ3n) is 9.04. The van der Waals surface area contributed by atoms with Crippen LogP contribution in [-0.2, 0) is 15.9 Å². The van der Waals surface area contributed by atoms with Crippen molar-refractivity contribution in [2.45, 2.75) is 131 Å². The first-order valence-corrected chi connectivity index (χ1v) is 21.9. The van der Waals surface area contributed by atoms with E-state index < -0.39 is 5.96 Å². The zero-order valence-corrected chi connectivity index (χ0v) is 32.0. The van der Waals surface area contributed by atoms with Gasteiger partial charge in [-0.25, -0.2) is 0 Å². The van der Waals surface area contributed by atoms with E-state index in [1.165, 1.54) is 89.5 Å². The van der Waals surface area contributed by atoms with E-state index in [1.54, 1.807) is 0 Å². The molecule has 0 spiro atoms. The number of unbranched alkanes of at least 4 members (excludes halogenated alkanes) is 8. The summed E-state index contributed by atoms with van der Waals surface area (Å²) in [5.41, 5.74) is 5.60. The monoisotopic (exact) mass is 707 g/mol. The molecule has 2 nitrogen and oxygen atoms in total. The second-order valence-electron chi connectivity index (χ2n) is 12.8. The lowest BCUT2D eigenvalue weighted by atomic mass is 10.0. The highest BCUT2D eigenvalue weighted by Gasteiger charge is 2.47. The molecule has 0 aromatic heterocycles. The van der Waals surface area contributed by atoms with Crippen LogP contribution in [0.3, 0.4) is 0 Å². The van der Waals surface area contributed by atoms with Crippen LogP contribution in [0.25, 0.3) is 0 Å². The first kappa shape index (κ1) is 38.7. The van der Waals surface area contributed by atoms with Crippen molar-refractivity contribution in [2.75, 3.05) is 13.2 Å². The van der Waals surface area contributed by atoms with E-state index in [9.17, 15) is 0 Å². The molecule has 3 aromatic rings. The van der Waals surface area contributed by atoms with Crippen LogP contribution in [0, 0.1) is 20.8 Å². The Bertz CT molecular complexity index is 1240. The maximum absolute atomic E-state index is 6.09. The first-order chi connectivity index (χ1) is 22.4. The van der Waals surface area contributed by atoms with Gasteiger partial charge in [0.1, 0.15) is 15.9 Å². The quantitative estimate of drug-likeness (QED) is 0.0423. The molecule has 0 aliphatic heterocycles. The SMILES string of the molecule is CCCCCOC(CCCCC/C=C/CCCc1cccc([P+](Br)(c2ccccc2C)c2ccccc2C)c1C)OCCCCC. The molecular formula is C42H61BrO2P+. The number of hydrogen-bond donors (Lipinski definition) is 0. The summed E-state index contributed by atoms with van der Waals surface area (Å²) >= 11 is 4.45. The van der Waals surface area contributed by atoms with Crippen LogP contribution in [0.2, 0.25) is 0 Å². The van der Waals surface area contributed by atoms with Crippen molar-refractivity contribution in [1.29, 1.82) is 0 Å². The summed E-state index contributed by atoms with van der Waals surface area (Å²) in [4.78, 5) is 0. The number of aryl methyl sites for hydroxylation is 3. The van der Waals surface area contributed by atoms with Crippen molar-refractivity contribution < 1.29 is 9.47 Å². The van der Waals surface area contributed by atoms with Crippen LogP contribution in [-0.4, -0.2) is 19.5 Å². The highest BCUT2D eigenvalue weighted by molar-refractivity contribution is 9.44. The minimum atomic E-state index is -1.97. The Hall–Kier alpha value is -1.77. The van der Waals surface area contributed by atoms with Crippen LogP contribution < -0.4 is 15.9 Å². The summed E-state index contributed by atoms with van der Waals surface area (Å²) in [6.07, 6.45) is 21.3. The fourth-order valence-corrected chi connectivity index (χ4v) is 13.1. The number of rotatable bonds is 23. The van der Waals surface area contributed by atoms with E-state index >= 15 is 0 Å². The van der Waals surface area contributed by atoms with Crippen molar-refractivity contribution in [2.24, 2.45) is 0 Å². The molecule has 0 heterocycles. The molecule has 252 valence electrons. The van der Waals surface area contributed by atoms with Gasteiger partial charge in [0.25, 0.3) is 0 Å². The Kier molecular flexibility index (Phi) is 18.5. The van der Waals surface area contributed by atoms with Crippen LogP contribution in [0.5, 0.6) is 0 Å². The molecule has 46 heavy (non-hydrogen) atoms. The second-order valence-corrected chi connectivity index (χ2v) is 18.6. The Balaban J connectivity index is 1.49. The molecule has 0 saturated heterocycles. The second kappa shape index (κ2) is 22.0. The van der Waals surface area contributed by atoms with Crippen molar-refractivity contribution in [1.82, 2.24) is 0 Å². The van der Waals surface area contributed by atoms with E-state index in [2.05, 4.69) is 129 Å². The highest BCUT2D eigenvalue weighted by Crippen LogP contribution is 2.64. The zero-order valence-electron chi connectivity index (χ0n) is 29.5. The van der Waals surface area contributed by atoms with Gasteiger partial charge >= 0.3 is 0 Å². The van der Waals surface area contributed by atoms with E-state index in [-0.39, 0.29) is 6.29 Å². The van der Waals surface area contributed by atoms with E-state index in [0.717, 1.165) is 51.7 Å². The first-order valence-electron chi connectivity index (χ1n) is 18.1. The van der Waals surface area contributed by atoms with Gasteiger partial charge in [-0.05, 0) is 119 Å². The molecule has 0 saturated carbocycles. The smallest absolute Gasteiger partial charge is 0.181 e. The Morgan fingerprint density at radius 2 is 1.15 bits per heavy atom. The van der Waals surface area contributed by atoms with Gasteiger partial charge in [-0.2, -0.15) is 0 Å². The Morgan fingerprint density at radius 3 is 1.72 bits per heavy atom. The third kappa shape index (κ3) is 12.0. The predicted molar refractivity (Wildman–Crippen MR) is 208 cm³/mol. The van der Waals surface area contributed by atoms with Gasteiger partial charge in [0, 0.05) is 13.2 Å². The largest absolute Gasteiger partial charge is 0.353 e. The van der Waals surface area contributed by atoms with Crippen molar-refractivity contribution >= 4 is 37.4 Å². The highest BCUT2D eigenvalue weighted by atomic mass is 79.9. The van der Waals surface area contributed by atoms with E-state index in [0.29, 0.717) is 0 Å². The average Bonchev–Trinajstić information content (AvgIpc) is 3.06. The summed E-state index contributed by atoms with van der Waals surface area (Å²) in [6.45, 7) is 13.0. The number of hydrogen-bond acceptors (Lipinski definition) is 2. The standard InChI is InChI=1S/C42H61BrO2P/c1-6-8-22-33-44-42(45-34-23-9-7-2)32-17-15-13-11-10-12-14-16-27-38-28-24-31-41(37(38)5)46(43,39-29-20-18-25-35(39)3)40-30-21-19-26-36(40)4/h10,12,18-21,24-26,28-31,42H,6-9,11,13-17,22-23,27,32-34H2,1-5H3/q+1/b12-10+. The molecule has 4 heteroatoms. The van der Waals surface area contributed by atoms with Crippen molar-refractivity contribution in [3.63, 3.8) is 0 Å². The summed E-state index contributed by atoms with van der Waals surface area (Å²) in [6, 6.07) is 24.8. The van der Waals surface area contributed by atoms with Crippen LogP contribution in [0.15, 0.2) is 78.9 Å². The number of ether oxygens (including phenoxy) is 2. The molecule has 0 aliphatic rings. The fourth-order valence-electron chi connectivity index (χ4n) is 6.23. The summed E-state index contributed by atoms with van der Waals surface area (Å²) < 4.78 is 12.2. The van der Waals surface area contributed by atoms with Crippen LogP contribution in [0.1, 0.15) is 120 Å². The number of benzene rings is 3. The predicted octanol–water partition coefficient (Wildman–Crippen LogP) is 11.8. The topological polar surface area (TPSA) is 18.5 Å². The van der Waals surface area contributed by atoms with Gasteiger partial charge in [0.15, 0.2) is 27.7 Å². The normalized spacial score (nSPS) is 12.1. The molecule has 0 radical (unpaired) electrons. The summed E-state index contributed by atoms with van der Waals surface area (Å²) in [5.74, 6) is -1.97.